The number of carboxylic acids is 2. The molecular weight excluding hydrogens is 228 g/mol. The molecule has 86 valence electrons. The van der Waals surface area contributed by atoms with E-state index in [1.807, 2.05) is 30.3 Å². The molecule has 4 nitrogen and oxygen atoms in total. The molecule has 0 saturated carbocycles. The van der Waals surface area contributed by atoms with E-state index in [1.54, 1.807) is 0 Å². The van der Waals surface area contributed by atoms with Crippen molar-refractivity contribution in [2.75, 3.05) is 0 Å². The monoisotopic (exact) mass is 240 g/mol. The van der Waals surface area contributed by atoms with Crippen LogP contribution in [0.15, 0.2) is 30.3 Å². The summed E-state index contributed by atoms with van der Waals surface area (Å²) < 4.78 is 0. The standard InChI is InChI=1S/C11H12O4S/c12-10(13)6-9(11(14)15)16-7-8-4-2-1-3-5-8/h1-5,9H,6-7H2,(H,12,13)(H,14,15)/t9-/m1/s1. The lowest BCUT2D eigenvalue weighted by molar-refractivity contribution is -0.142. The molecule has 0 bridgehead atoms. The molecule has 0 saturated heterocycles. The Morgan fingerprint density at radius 2 is 1.81 bits per heavy atom. The molecule has 0 unspecified atom stereocenters. The van der Waals surface area contributed by atoms with E-state index in [0.29, 0.717) is 5.75 Å². The molecule has 0 amide bonds. The predicted octanol–water partition coefficient (Wildman–Crippen LogP) is 1.85. The minimum absolute atomic E-state index is 0.354. The fourth-order valence-corrected chi connectivity index (χ4v) is 2.14. The summed E-state index contributed by atoms with van der Waals surface area (Å²) in [7, 11) is 0. The Hall–Kier alpha value is -1.49. The van der Waals surface area contributed by atoms with E-state index < -0.39 is 17.2 Å². The molecule has 0 aliphatic carbocycles. The van der Waals surface area contributed by atoms with Crippen molar-refractivity contribution in [3.8, 4) is 0 Å². The number of hydrogen-bond donors (Lipinski definition) is 2. The first-order valence-electron chi connectivity index (χ1n) is 4.69. The Bertz CT molecular complexity index is 364. The summed E-state index contributed by atoms with van der Waals surface area (Å²) in [4.78, 5) is 21.2. The lowest BCUT2D eigenvalue weighted by Crippen LogP contribution is -2.20. The van der Waals surface area contributed by atoms with E-state index in [-0.39, 0.29) is 6.42 Å². The second-order valence-corrected chi connectivity index (χ2v) is 4.41. The van der Waals surface area contributed by atoms with Crippen LogP contribution < -0.4 is 0 Å². The van der Waals surface area contributed by atoms with Crippen LogP contribution in [0.4, 0.5) is 0 Å². The van der Waals surface area contributed by atoms with Crippen molar-refractivity contribution in [2.45, 2.75) is 17.4 Å². The zero-order valence-electron chi connectivity index (χ0n) is 8.50. The van der Waals surface area contributed by atoms with Gasteiger partial charge in [-0.2, -0.15) is 0 Å². The van der Waals surface area contributed by atoms with Crippen LogP contribution in [0.1, 0.15) is 12.0 Å². The molecule has 0 aliphatic heterocycles. The van der Waals surface area contributed by atoms with Crippen LogP contribution in [0.5, 0.6) is 0 Å². The van der Waals surface area contributed by atoms with Gasteiger partial charge in [0.2, 0.25) is 0 Å². The smallest absolute Gasteiger partial charge is 0.317 e. The Balaban J connectivity index is 2.50. The van der Waals surface area contributed by atoms with Crippen LogP contribution in [0, 0.1) is 0 Å². The molecule has 0 aromatic heterocycles. The van der Waals surface area contributed by atoms with E-state index in [1.165, 1.54) is 0 Å². The van der Waals surface area contributed by atoms with Crippen LogP contribution in [0.25, 0.3) is 0 Å². The fourth-order valence-electron chi connectivity index (χ4n) is 1.15. The molecular formula is C11H12O4S. The average Bonchev–Trinajstić information content (AvgIpc) is 2.25. The zero-order chi connectivity index (χ0) is 12.0. The molecule has 0 heterocycles. The van der Waals surface area contributed by atoms with Gasteiger partial charge in [-0.1, -0.05) is 30.3 Å². The molecule has 0 radical (unpaired) electrons. The van der Waals surface area contributed by atoms with E-state index in [2.05, 4.69) is 0 Å². The van der Waals surface area contributed by atoms with Gasteiger partial charge in [0.05, 0.1) is 6.42 Å². The SMILES string of the molecule is O=C(O)C[C@@H](SCc1ccccc1)C(=O)O. The third-order valence-corrected chi connectivity index (χ3v) is 3.20. The number of rotatable bonds is 6. The minimum atomic E-state index is -1.09. The highest BCUT2D eigenvalue weighted by atomic mass is 32.2. The summed E-state index contributed by atoms with van der Waals surface area (Å²) >= 11 is 1.13. The highest BCUT2D eigenvalue weighted by Gasteiger charge is 2.21. The highest BCUT2D eigenvalue weighted by molar-refractivity contribution is 7.99. The average molecular weight is 240 g/mol. The van der Waals surface area contributed by atoms with Crippen LogP contribution in [0.3, 0.4) is 0 Å². The molecule has 1 rings (SSSR count). The molecule has 5 heteroatoms. The summed E-state index contributed by atoms with van der Waals surface area (Å²) in [6.45, 7) is 0. The van der Waals surface area contributed by atoms with Crippen LogP contribution in [-0.4, -0.2) is 27.4 Å². The van der Waals surface area contributed by atoms with Gasteiger partial charge in [0.25, 0.3) is 0 Å². The van der Waals surface area contributed by atoms with Gasteiger partial charge in [-0.15, -0.1) is 11.8 Å². The lowest BCUT2D eigenvalue weighted by Gasteiger charge is -2.09. The molecule has 1 aromatic rings. The molecule has 2 N–H and O–H groups in total. The Kier molecular flexibility index (Phi) is 4.85. The molecule has 1 atom stereocenters. The maximum Gasteiger partial charge on any atom is 0.317 e. The van der Waals surface area contributed by atoms with Gasteiger partial charge in [0.15, 0.2) is 0 Å². The van der Waals surface area contributed by atoms with Crippen molar-refractivity contribution in [1.82, 2.24) is 0 Å². The fraction of sp³-hybridized carbons (Fsp3) is 0.273. The third-order valence-electron chi connectivity index (χ3n) is 1.93. The van der Waals surface area contributed by atoms with Crippen molar-refractivity contribution in [2.24, 2.45) is 0 Å². The largest absolute Gasteiger partial charge is 0.481 e. The van der Waals surface area contributed by atoms with Crippen LogP contribution in [-0.2, 0) is 15.3 Å². The first kappa shape index (κ1) is 12.6. The van der Waals surface area contributed by atoms with E-state index in [4.69, 9.17) is 10.2 Å². The Labute approximate surface area is 97.3 Å². The van der Waals surface area contributed by atoms with Crippen molar-refractivity contribution < 1.29 is 19.8 Å². The summed E-state index contributed by atoms with van der Waals surface area (Å²) in [5, 5.41) is 16.5. The quantitative estimate of drug-likeness (QED) is 0.793. The van der Waals surface area contributed by atoms with Gasteiger partial charge in [-0.3, -0.25) is 9.59 Å². The van der Waals surface area contributed by atoms with Gasteiger partial charge in [0, 0.05) is 5.75 Å². The topological polar surface area (TPSA) is 74.6 Å². The first-order valence-corrected chi connectivity index (χ1v) is 5.74. The zero-order valence-corrected chi connectivity index (χ0v) is 9.31. The number of hydrogen-bond acceptors (Lipinski definition) is 3. The minimum Gasteiger partial charge on any atom is -0.481 e. The molecule has 0 fully saturated rings. The van der Waals surface area contributed by atoms with Crippen molar-refractivity contribution in [1.29, 1.82) is 0 Å². The van der Waals surface area contributed by atoms with E-state index in [0.717, 1.165) is 17.3 Å². The molecule has 1 aromatic carbocycles. The van der Waals surface area contributed by atoms with E-state index in [9.17, 15) is 9.59 Å². The first-order chi connectivity index (χ1) is 7.59. The van der Waals surface area contributed by atoms with Crippen molar-refractivity contribution >= 4 is 23.7 Å². The number of benzene rings is 1. The summed E-state index contributed by atoms with van der Waals surface area (Å²) in [6.07, 6.45) is -0.354. The maximum absolute atomic E-state index is 10.8. The van der Waals surface area contributed by atoms with Crippen molar-refractivity contribution in [3.05, 3.63) is 35.9 Å². The number of thioether (sulfide) groups is 1. The Morgan fingerprint density at radius 1 is 1.19 bits per heavy atom. The van der Waals surface area contributed by atoms with Gasteiger partial charge >= 0.3 is 11.9 Å². The number of carboxylic acid groups (broad SMARTS) is 2. The second-order valence-electron chi connectivity index (χ2n) is 3.22. The van der Waals surface area contributed by atoms with Crippen LogP contribution in [0.2, 0.25) is 0 Å². The normalized spacial score (nSPS) is 12.0. The van der Waals surface area contributed by atoms with Gasteiger partial charge in [-0.05, 0) is 5.56 Å². The summed E-state index contributed by atoms with van der Waals surface area (Å²) in [5.74, 6) is -1.67. The summed E-state index contributed by atoms with van der Waals surface area (Å²) in [5.41, 5.74) is 0.990. The summed E-state index contributed by atoms with van der Waals surface area (Å²) in [6, 6.07) is 9.37. The predicted molar refractivity (Wildman–Crippen MR) is 61.4 cm³/mol. The van der Waals surface area contributed by atoms with Gasteiger partial charge in [0.1, 0.15) is 5.25 Å². The third kappa shape index (κ3) is 4.35. The maximum atomic E-state index is 10.8. The van der Waals surface area contributed by atoms with Gasteiger partial charge < -0.3 is 10.2 Å². The van der Waals surface area contributed by atoms with Crippen LogP contribution >= 0.6 is 11.8 Å². The van der Waals surface area contributed by atoms with Crippen molar-refractivity contribution in [3.63, 3.8) is 0 Å². The number of carbonyl (C=O) groups is 2. The molecule has 16 heavy (non-hydrogen) atoms. The Morgan fingerprint density at radius 3 is 2.31 bits per heavy atom. The molecule has 0 spiro atoms. The lowest BCUT2D eigenvalue weighted by atomic mass is 10.2. The highest BCUT2D eigenvalue weighted by Crippen LogP contribution is 2.20. The molecule has 0 aliphatic rings. The number of aliphatic carboxylic acids is 2. The second kappa shape index (κ2) is 6.17. The van der Waals surface area contributed by atoms with E-state index >= 15 is 0 Å². The van der Waals surface area contributed by atoms with Gasteiger partial charge in [-0.25, -0.2) is 0 Å².